The van der Waals surface area contributed by atoms with Crippen molar-refractivity contribution in [3.05, 3.63) is 94.2 Å². The molecule has 1 atom stereocenters. The summed E-state index contributed by atoms with van der Waals surface area (Å²) in [7, 11) is 0. The minimum absolute atomic E-state index is 0.000403. The first-order chi connectivity index (χ1) is 13.8. The quantitative estimate of drug-likeness (QED) is 0.487. The van der Waals surface area contributed by atoms with Crippen molar-refractivity contribution in [3.63, 3.8) is 0 Å². The minimum Gasteiger partial charge on any atom is -0.348 e. The van der Waals surface area contributed by atoms with Crippen LogP contribution < -0.4 is 5.32 Å². The molecule has 29 heavy (non-hydrogen) atoms. The van der Waals surface area contributed by atoms with Crippen LogP contribution in [0.2, 0.25) is 0 Å². The fourth-order valence-electron chi connectivity index (χ4n) is 3.20. The first-order valence-electron chi connectivity index (χ1n) is 9.37. The van der Waals surface area contributed by atoms with Crippen LogP contribution in [-0.4, -0.2) is 21.9 Å². The predicted molar refractivity (Wildman–Crippen MR) is 113 cm³/mol. The van der Waals surface area contributed by atoms with Crippen molar-refractivity contribution in [3.8, 4) is 11.3 Å². The summed E-state index contributed by atoms with van der Waals surface area (Å²) in [5.41, 5.74) is 1.19. The number of nitrogens with one attached hydrogen (secondary N) is 1. The number of hydrogen-bond acceptors (Lipinski definition) is 4. The van der Waals surface area contributed by atoms with E-state index in [9.17, 15) is 14.9 Å². The van der Waals surface area contributed by atoms with Gasteiger partial charge in [0.05, 0.1) is 4.92 Å². The Labute approximate surface area is 169 Å². The Morgan fingerprint density at radius 3 is 2.21 bits per heavy atom. The van der Waals surface area contributed by atoms with Gasteiger partial charge in [0.2, 0.25) is 0 Å². The van der Waals surface area contributed by atoms with Gasteiger partial charge in [0.1, 0.15) is 11.3 Å². The topological polar surface area (TPSA) is 85.1 Å². The van der Waals surface area contributed by atoms with Crippen molar-refractivity contribution < 1.29 is 9.72 Å². The van der Waals surface area contributed by atoms with E-state index in [0.29, 0.717) is 5.56 Å². The summed E-state index contributed by atoms with van der Waals surface area (Å²) in [4.78, 5) is 28.4. The summed E-state index contributed by atoms with van der Waals surface area (Å²) in [5, 5.41) is 14.7. The second-order valence-corrected chi connectivity index (χ2v) is 7.46. The van der Waals surface area contributed by atoms with Gasteiger partial charge in [-0.1, -0.05) is 74.5 Å². The zero-order valence-electron chi connectivity index (χ0n) is 16.6. The van der Waals surface area contributed by atoms with Crippen LogP contribution in [0.15, 0.2) is 72.9 Å². The lowest BCUT2D eigenvalue weighted by Crippen LogP contribution is -2.45. The smallest absolute Gasteiger partial charge is 0.308 e. The number of amides is 1. The highest BCUT2D eigenvalue weighted by Gasteiger charge is 2.32. The summed E-state index contributed by atoms with van der Waals surface area (Å²) in [6.07, 6.45) is 1.43. The average molecular weight is 389 g/mol. The molecule has 6 heteroatoms. The van der Waals surface area contributed by atoms with E-state index < -0.39 is 10.8 Å². The monoisotopic (exact) mass is 389 g/mol. The van der Waals surface area contributed by atoms with E-state index in [1.54, 1.807) is 24.3 Å². The van der Waals surface area contributed by atoms with Gasteiger partial charge in [-0.25, -0.2) is 4.98 Å². The summed E-state index contributed by atoms with van der Waals surface area (Å²) in [5.74, 6) is -0.493. The van der Waals surface area contributed by atoms with Gasteiger partial charge in [-0.3, -0.25) is 14.9 Å². The normalized spacial score (nSPS) is 12.2. The second-order valence-electron chi connectivity index (χ2n) is 7.46. The maximum absolute atomic E-state index is 13.0. The molecule has 148 valence electrons. The van der Waals surface area contributed by atoms with E-state index in [1.807, 2.05) is 57.2 Å². The number of pyridine rings is 1. The summed E-state index contributed by atoms with van der Waals surface area (Å²) >= 11 is 0. The van der Waals surface area contributed by atoms with Gasteiger partial charge in [-0.05, 0) is 18.6 Å². The highest BCUT2D eigenvalue weighted by atomic mass is 16.6. The Kier molecular flexibility index (Phi) is 5.73. The number of carbonyl (C=O) groups is 1. The average Bonchev–Trinajstić information content (AvgIpc) is 2.74. The molecular formula is C23H23N3O3. The lowest BCUT2D eigenvalue weighted by molar-refractivity contribution is -0.384. The molecule has 0 aliphatic rings. The van der Waals surface area contributed by atoms with Gasteiger partial charge >= 0.3 is 5.69 Å². The van der Waals surface area contributed by atoms with Crippen LogP contribution in [0.3, 0.4) is 0 Å². The van der Waals surface area contributed by atoms with Crippen molar-refractivity contribution in [2.75, 3.05) is 0 Å². The number of carbonyl (C=O) groups excluding carboxylic acids is 1. The maximum Gasteiger partial charge on any atom is 0.308 e. The number of aromatic nitrogens is 1. The predicted octanol–water partition coefficient (Wildman–Crippen LogP) is 4.75. The third-order valence-electron chi connectivity index (χ3n) is 5.35. The molecule has 0 radical (unpaired) electrons. The number of benzene rings is 2. The van der Waals surface area contributed by atoms with Crippen LogP contribution in [-0.2, 0) is 5.41 Å². The SMILES string of the molecule is C[C@@H](NC(=O)c1ccnc(-c2ccccc2)c1[N+](=O)[O-])C(C)(C)c1ccccc1. The van der Waals surface area contributed by atoms with Gasteiger partial charge in [0, 0.05) is 23.2 Å². The van der Waals surface area contributed by atoms with Crippen LogP contribution in [0.5, 0.6) is 0 Å². The van der Waals surface area contributed by atoms with Crippen LogP contribution in [0.4, 0.5) is 5.69 Å². The van der Waals surface area contributed by atoms with Gasteiger partial charge in [0.25, 0.3) is 5.91 Å². The minimum atomic E-state index is -0.544. The Hall–Kier alpha value is -3.54. The van der Waals surface area contributed by atoms with E-state index in [-0.39, 0.29) is 28.4 Å². The number of nitro groups is 1. The van der Waals surface area contributed by atoms with E-state index >= 15 is 0 Å². The third-order valence-corrected chi connectivity index (χ3v) is 5.35. The van der Waals surface area contributed by atoms with Crippen molar-refractivity contribution >= 4 is 11.6 Å². The zero-order chi connectivity index (χ0) is 21.0. The standard InChI is InChI=1S/C23H23N3O3/c1-16(23(2,3)18-12-8-5-9-13-18)25-22(27)19-14-15-24-20(21(19)26(28)29)17-10-6-4-7-11-17/h4-16H,1-3H3,(H,25,27)/t16-/m1/s1. The third kappa shape index (κ3) is 4.16. The number of nitrogens with zero attached hydrogens (tertiary/aromatic N) is 2. The van der Waals surface area contributed by atoms with Crippen molar-refractivity contribution in [1.82, 2.24) is 10.3 Å². The van der Waals surface area contributed by atoms with Crippen LogP contribution >= 0.6 is 0 Å². The van der Waals surface area contributed by atoms with Crippen LogP contribution in [0.25, 0.3) is 11.3 Å². The molecule has 2 aromatic carbocycles. The summed E-state index contributed by atoms with van der Waals surface area (Å²) in [6.45, 7) is 5.96. The first kappa shape index (κ1) is 20.2. The van der Waals surface area contributed by atoms with Crippen LogP contribution in [0.1, 0.15) is 36.7 Å². The molecule has 0 fully saturated rings. The zero-order valence-corrected chi connectivity index (χ0v) is 16.6. The highest BCUT2D eigenvalue weighted by Crippen LogP contribution is 2.32. The van der Waals surface area contributed by atoms with E-state index in [2.05, 4.69) is 10.3 Å². The molecule has 1 heterocycles. The van der Waals surface area contributed by atoms with Gasteiger partial charge in [-0.2, -0.15) is 0 Å². The molecule has 0 saturated heterocycles. The molecule has 1 amide bonds. The first-order valence-corrected chi connectivity index (χ1v) is 9.37. The van der Waals surface area contributed by atoms with E-state index in [1.165, 1.54) is 12.3 Å². The van der Waals surface area contributed by atoms with E-state index in [4.69, 9.17) is 0 Å². The molecule has 0 bridgehead atoms. The van der Waals surface area contributed by atoms with Gasteiger partial charge < -0.3 is 5.32 Å². The molecule has 0 aliphatic carbocycles. The molecule has 1 N–H and O–H groups in total. The Balaban J connectivity index is 1.94. The molecule has 3 rings (SSSR count). The fourth-order valence-corrected chi connectivity index (χ4v) is 3.20. The van der Waals surface area contributed by atoms with Crippen molar-refractivity contribution in [2.24, 2.45) is 0 Å². The molecule has 1 aromatic heterocycles. The second kappa shape index (κ2) is 8.22. The molecule has 0 spiro atoms. The number of hydrogen-bond donors (Lipinski definition) is 1. The van der Waals surface area contributed by atoms with E-state index in [0.717, 1.165) is 5.56 Å². The lowest BCUT2D eigenvalue weighted by Gasteiger charge is -2.33. The highest BCUT2D eigenvalue weighted by molar-refractivity contribution is 6.00. The van der Waals surface area contributed by atoms with Crippen molar-refractivity contribution in [2.45, 2.75) is 32.2 Å². The molecule has 0 unspecified atom stereocenters. The largest absolute Gasteiger partial charge is 0.348 e. The molecule has 6 nitrogen and oxygen atoms in total. The summed E-state index contributed by atoms with van der Waals surface area (Å²) < 4.78 is 0. The Bertz CT molecular complexity index is 1020. The molecular weight excluding hydrogens is 366 g/mol. The maximum atomic E-state index is 13.0. The van der Waals surface area contributed by atoms with Crippen molar-refractivity contribution in [1.29, 1.82) is 0 Å². The Morgan fingerprint density at radius 1 is 1.03 bits per heavy atom. The molecule has 0 saturated carbocycles. The van der Waals surface area contributed by atoms with Gasteiger partial charge in [0.15, 0.2) is 0 Å². The fraction of sp³-hybridized carbons (Fsp3) is 0.217. The molecule has 0 aliphatic heterocycles. The van der Waals surface area contributed by atoms with Crippen LogP contribution in [0, 0.1) is 10.1 Å². The van der Waals surface area contributed by atoms with Gasteiger partial charge in [-0.15, -0.1) is 0 Å². The number of rotatable bonds is 6. The summed E-state index contributed by atoms with van der Waals surface area (Å²) in [6, 6.07) is 19.8. The lowest BCUT2D eigenvalue weighted by atomic mass is 9.78. The Morgan fingerprint density at radius 2 is 1.62 bits per heavy atom. The molecule has 3 aromatic rings.